The van der Waals surface area contributed by atoms with Crippen molar-refractivity contribution in [1.82, 2.24) is 4.90 Å². The Labute approximate surface area is 77.6 Å². The first-order valence-electron chi connectivity index (χ1n) is 4.01. The molecule has 0 bridgehead atoms. The van der Waals surface area contributed by atoms with Crippen LogP contribution in [0.25, 0.3) is 0 Å². The predicted molar refractivity (Wildman–Crippen MR) is 44.9 cm³/mol. The lowest BCUT2D eigenvalue weighted by molar-refractivity contribution is 0.0489. The zero-order valence-electron chi connectivity index (χ0n) is 7.65. The largest absolute Gasteiger partial charge is 0.304 e. The van der Waals surface area contributed by atoms with Gasteiger partial charge in [0.15, 0.2) is 5.41 Å². The van der Waals surface area contributed by atoms with Crippen LogP contribution in [0.3, 0.4) is 0 Å². The van der Waals surface area contributed by atoms with Crippen molar-refractivity contribution in [2.45, 2.75) is 12.5 Å². The number of rotatable bonds is 1. The first-order valence-corrected chi connectivity index (χ1v) is 4.01. The molecule has 2 atom stereocenters. The van der Waals surface area contributed by atoms with Crippen LogP contribution in [0.4, 0.5) is 0 Å². The van der Waals surface area contributed by atoms with E-state index in [1.807, 2.05) is 37.2 Å². The van der Waals surface area contributed by atoms with Gasteiger partial charge in [-0.3, -0.25) is 0 Å². The predicted octanol–water partition coefficient (Wildman–Crippen LogP) is 0.494. The number of nitriles is 3. The quantitative estimate of drug-likeness (QED) is 0.580. The van der Waals surface area contributed by atoms with Gasteiger partial charge in [0.05, 0.1) is 24.1 Å². The highest BCUT2D eigenvalue weighted by molar-refractivity contribution is 5.32. The Kier molecular flexibility index (Phi) is 2.24. The van der Waals surface area contributed by atoms with Crippen molar-refractivity contribution >= 4 is 0 Å². The Hall–Kier alpha value is -1.57. The molecule has 4 nitrogen and oxygen atoms in total. The molecule has 0 radical (unpaired) electrons. The molecular weight excluding hydrogens is 164 g/mol. The van der Waals surface area contributed by atoms with E-state index in [1.165, 1.54) is 0 Å². The summed E-state index contributed by atoms with van der Waals surface area (Å²) in [5.41, 5.74) is -1.11. The van der Waals surface area contributed by atoms with Crippen molar-refractivity contribution in [3.05, 3.63) is 0 Å². The molecule has 1 fully saturated rings. The number of nitrogens with zero attached hydrogens (tertiary/aromatic N) is 4. The Morgan fingerprint density at radius 3 is 2.08 bits per heavy atom. The van der Waals surface area contributed by atoms with Gasteiger partial charge in [-0.1, -0.05) is 0 Å². The van der Waals surface area contributed by atoms with Crippen LogP contribution in [-0.4, -0.2) is 25.0 Å². The first kappa shape index (κ1) is 9.52. The molecule has 0 aromatic rings. The lowest BCUT2D eigenvalue weighted by Crippen LogP contribution is -2.57. The molecule has 66 valence electrons. The molecule has 0 aromatic heterocycles. The molecule has 0 amide bonds. The third kappa shape index (κ3) is 1.06. The summed E-state index contributed by atoms with van der Waals surface area (Å²) >= 11 is 0. The van der Waals surface area contributed by atoms with Crippen LogP contribution in [0.1, 0.15) is 6.42 Å². The van der Waals surface area contributed by atoms with Crippen LogP contribution in [0, 0.1) is 45.3 Å². The van der Waals surface area contributed by atoms with Crippen molar-refractivity contribution < 1.29 is 0 Å². The second kappa shape index (κ2) is 3.05. The van der Waals surface area contributed by atoms with E-state index < -0.39 is 11.3 Å². The van der Waals surface area contributed by atoms with E-state index in [-0.39, 0.29) is 6.04 Å². The van der Waals surface area contributed by atoms with Gasteiger partial charge in [-0.15, -0.1) is 0 Å². The lowest BCUT2D eigenvalue weighted by Gasteiger charge is -2.46. The summed E-state index contributed by atoms with van der Waals surface area (Å²) in [7, 11) is 3.64. The van der Waals surface area contributed by atoms with E-state index in [0.717, 1.165) is 0 Å². The van der Waals surface area contributed by atoms with Crippen LogP contribution in [0.2, 0.25) is 0 Å². The summed E-state index contributed by atoms with van der Waals surface area (Å²) in [5.74, 6) is -0.435. The standard InChI is InChI=1S/C9H10N4/c1-13(2)8-3-7(4-10)9(8,5-11)6-12/h7-8H,3H2,1-2H3. The summed E-state index contributed by atoms with van der Waals surface area (Å²) in [6, 6.07) is 5.85. The molecule has 0 spiro atoms. The molecule has 1 rings (SSSR count). The fourth-order valence-electron chi connectivity index (χ4n) is 1.77. The van der Waals surface area contributed by atoms with Crippen molar-refractivity contribution in [3.63, 3.8) is 0 Å². The normalized spacial score (nSPS) is 29.5. The van der Waals surface area contributed by atoms with Crippen molar-refractivity contribution in [2.75, 3.05) is 14.1 Å². The molecule has 0 N–H and O–H groups in total. The summed E-state index contributed by atoms with van der Waals surface area (Å²) in [5, 5.41) is 26.5. The summed E-state index contributed by atoms with van der Waals surface area (Å²) < 4.78 is 0. The Morgan fingerprint density at radius 2 is 1.77 bits per heavy atom. The monoisotopic (exact) mass is 174 g/mol. The van der Waals surface area contributed by atoms with E-state index in [9.17, 15) is 0 Å². The number of hydrogen-bond acceptors (Lipinski definition) is 4. The summed E-state index contributed by atoms with van der Waals surface area (Å²) in [6.45, 7) is 0. The smallest absolute Gasteiger partial charge is 0.174 e. The maximum absolute atomic E-state index is 8.91. The molecule has 0 aromatic carbocycles. The van der Waals surface area contributed by atoms with Crippen LogP contribution >= 0.6 is 0 Å². The molecule has 1 aliphatic rings. The Bertz CT molecular complexity index is 311. The third-order valence-electron chi connectivity index (χ3n) is 2.68. The van der Waals surface area contributed by atoms with E-state index in [2.05, 4.69) is 0 Å². The molecule has 1 saturated carbocycles. The minimum absolute atomic E-state index is 0.104. The van der Waals surface area contributed by atoms with E-state index in [0.29, 0.717) is 6.42 Å². The van der Waals surface area contributed by atoms with Crippen molar-refractivity contribution in [1.29, 1.82) is 15.8 Å². The molecule has 13 heavy (non-hydrogen) atoms. The highest BCUT2D eigenvalue weighted by Gasteiger charge is 2.58. The van der Waals surface area contributed by atoms with Gasteiger partial charge >= 0.3 is 0 Å². The topological polar surface area (TPSA) is 74.6 Å². The number of hydrogen-bond donors (Lipinski definition) is 0. The molecule has 1 aliphatic carbocycles. The SMILES string of the molecule is CN(C)C1CC(C#N)C1(C#N)C#N. The summed E-state index contributed by atoms with van der Waals surface area (Å²) in [4.78, 5) is 1.83. The second-order valence-electron chi connectivity index (χ2n) is 3.49. The van der Waals surface area contributed by atoms with E-state index >= 15 is 0 Å². The zero-order valence-corrected chi connectivity index (χ0v) is 7.65. The van der Waals surface area contributed by atoms with Crippen LogP contribution in [0.5, 0.6) is 0 Å². The van der Waals surface area contributed by atoms with Gasteiger partial charge in [0.1, 0.15) is 0 Å². The molecular formula is C9H10N4. The van der Waals surface area contributed by atoms with Crippen LogP contribution < -0.4 is 0 Å². The zero-order chi connectivity index (χ0) is 10.1. The fraction of sp³-hybridized carbons (Fsp3) is 0.667. The summed E-state index contributed by atoms with van der Waals surface area (Å²) in [6.07, 6.45) is 0.616. The minimum Gasteiger partial charge on any atom is -0.304 e. The Morgan fingerprint density at radius 1 is 1.23 bits per heavy atom. The minimum atomic E-state index is -1.11. The van der Waals surface area contributed by atoms with Gasteiger partial charge in [-0.25, -0.2) is 0 Å². The lowest BCUT2D eigenvalue weighted by atomic mass is 9.58. The van der Waals surface area contributed by atoms with Crippen molar-refractivity contribution in [3.8, 4) is 18.2 Å². The van der Waals surface area contributed by atoms with Gasteiger partial charge in [0.25, 0.3) is 0 Å². The Balaban J connectivity index is 2.97. The van der Waals surface area contributed by atoms with Crippen molar-refractivity contribution in [2.24, 2.45) is 11.3 Å². The van der Waals surface area contributed by atoms with Gasteiger partial charge in [-0.05, 0) is 20.5 Å². The van der Waals surface area contributed by atoms with Crippen LogP contribution in [-0.2, 0) is 0 Å². The highest BCUT2D eigenvalue weighted by atomic mass is 15.1. The second-order valence-corrected chi connectivity index (χ2v) is 3.49. The molecule has 4 heteroatoms. The van der Waals surface area contributed by atoms with E-state index in [4.69, 9.17) is 15.8 Å². The van der Waals surface area contributed by atoms with Crippen LogP contribution in [0.15, 0.2) is 0 Å². The molecule has 0 saturated heterocycles. The molecule has 0 aliphatic heterocycles. The van der Waals surface area contributed by atoms with E-state index in [1.54, 1.807) is 0 Å². The first-order chi connectivity index (χ1) is 6.12. The van der Waals surface area contributed by atoms with Gasteiger partial charge in [0, 0.05) is 6.04 Å². The molecule has 2 unspecified atom stereocenters. The van der Waals surface area contributed by atoms with Gasteiger partial charge < -0.3 is 4.90 Å². The van der Waals surface area contributed by atoms with Gasteiger partial charge in [-0.2, -0.15) is 15.8 Å². The third-order valence-corrected chi connectivity index (χ3v) is 2.68. The molecule has 0 heterocycles. The average molecular weight is 174 g/mol. The maximum atomic E-state index is 8.91. The highest BCUT2D eigenvalue weighted by Crippen LogP contribution is 2.47. The van der Waals surface area contributed by atoms with Gasteiger partial charge in [0.2, 0.25) is 0 Å². The average Bonchev–Trinajstić information content (AvgIpc) is 2.05. The fourth-order valence-corrected chi connectivity index (χ4v) is 1.77. The maximum Gasteiger partial charge on any atom is 0.174 e.